The molecule has 2 N–H and O–H groups in total. The van der Waals surface area contributed by atoms with Crippen molar-refractivity contribution in [3.8, 4) is 0 Å². The molecule has 1 aromatic rings. The second-order valence-electron chi connectivity index (χ2n) is 4.57. The number of halogens is 1. The van der Waals surface area contributed by atoms with E-state index in [0.717, 1.165) is 19.4 Å². The summed E-state index contributed by atoms with van der Waals surface area (Å²) in [5.74, 6) is 0.0701. The molecule has 0 bridgehead atoms. The van der Waals surface area contributed by atoms with Gasteiger partial charge in [-0.05, 0) is 18.4 Å². The summed E-state index contributed by atoms with van der Waals surface area (Å²) in [4.78, 5) is 13.9. The van der Waals surface area contributed by atoms with E-state index in [-0.39, 0.29) is 30.9 Å². The van der Waals surface area contributed by atoms with Gasteiger partial charge < -0.3 is 10.6 Å². The van der Waals surface area contributed by atoms with Crippen molar-refractivity contribution in [3.05, 3.63) is 35.9 Å². The highest BCUT2D eigenvalue weighted by molar-refractivity contribution is 5.85. The van der Waals surface area contributed by atoms with Crippen molar-refractivity contribution in [2.75, 3.05) is 13.1 Å². The number of nitrogens with two attached hydrogens (primary N) is 1. The van der Waals surface area contributed by atoms with E-state index in [9.17, 15) is 4.79 Å². The molecular formula is C14H21ClN2O. The van der Waals surface area contributed by atoms with Crippen LogP contribution in [0.15, 0.2) is 30.3 Å². The first-order valence-corrected chi connectivity index (χ1v) is 6.37. The Hall–Kier alpha value is -1.06. The average molecular weight is 269 g/mol. The fourth-order valence-corrected chi connectivity index (χ4v) is 2.55. The van der Waals surface area contributed by atoms with Gasteiger partial charge in [-0.2, -0.15) is 0 Å². The van der Waals surface area contributed by atoms with Crippen LogP contribution < -0.4 is 5.73 Å². The molecule has 1 aliphatic rings. The Balaban J connectivity index is 0.00000162. The Morgan fingerprint density at radius 2 is 1.94 bits per heavy atom. The van der Waals surface area contributed by atoms with Gasteiger partial charge in [-0.25, -0.2) is 0 Å². The first-order chi connectivity index (χ1) is 8.33. The molecule has 0 radical (unpaired) electrons. The molecule has 100 valence electrons. The van der Waals surface area contributed by atoms with Gasteiger partial charge in [0, 0.05) is 6.54 Å². The highest BCUT2D eigenvalue weighted by Crippen LogP contribution is 2.29. The van der Waals surface area contributed by atoms with Crippen LogP contribution in [-0.4, -0.2) is 23.9 Å². The molecule has 1 aliphatic heterocycles. The van der Waals surface area contributed by atoms with Crippen LogP contribution in [0.2, 0.25) is 0 Å². The van der Waals surface area contributed by atoms with Gasteiger partial charge in [0.05, 0.1) is 12.6 Å². The molecule has 1 saturated heterocycles. The molecule has 4 heteroatoms. The van der Waals surface area contributed by atoms with Gasteiger partial charge in [-0.3, -0.25) is 4.79 Å². The van der Waals surface area contributed by atoms with Gasteiger partial charge >= 0.3 is 0 Å². The first-order valence-electron chi connectivity index (χ1n) is 6.37. The van der Waals surface area contributed by atoms with Crippen LogP contribution in [0.25, 0.3) is 0 Å². The number of amides is 1. The Morgan fingerprint density at radius 1 is 1.22 bits per heavy atom. The lowest BCUT2D eigenvalue weighted by molar-refractivity contribution is -0.132. The van der Waals surface area contributed by atoms with Gasteiger partial charge in [0.25, 0.3) is 0 Å². The number of carbonyl (C=O) groups is 1. The molecule has 1 fully saturated rings. The van der Waals surface area contributed by atoms with Crippen molar-refractivity contribution in [2.45, 2.75) is 31.7 Å². The number of hydrogen-bond donors (Lipinski definition) is 1. The summed E-state index contributed by atoms with van der Waals surface area (Å²) in [5.41, 5.74) is 6.74. The maximum absolute atomic E-state index is 11.9. The van der Waals surface area contributed by atoms with Crippen LogP contribution >= 0.6 is 12.4 Å². The number of nitrogens with zero attached hydrogens (tertiary/aromatic N) is 1. The second-order valence-corrected chi connectivity index (χ2v) is 4.57. The third-order valence-electron chi connectivity index (χ3n) is 3.43. The molecule has 0 aromatic heterocycles. The van der Waals surface area contributed by atoms with Gasteiger partial charge in [-0.1, -0.05) is 43.2 Å². The van der Waals surface area contributed by atoms with Crippen molar-refractivity contribution >= 4 is 18.3 Å². The van der Waals surface area contributed by atoms with Crippen LogP contribution in [0.3, 0.4) is 0 Å². The zero-order valence-corrected chi connectivity index (χ0v) is 11.4. The summed E-state index contributed by atoms with van der Waals surface area (Å²) < 4.78 is 0. The fourth-order valence-electron chi connectivity index (χ4n) is 2.55. The molecule has 0 aliphatic carbocycles. The first kappa shape index (κ1) is 15.0. The molecule has 0 saturated carbocycles. The zero-order chi connectivity index (χ0) is 12.1. The standard InChI is InChI=1S/C14H20N2O.ClH/c15-11-14(17)16-10-6-2-5-9-13(16)12-7-3-1-4-8-12;/h1,3-4,7-8,13H,2,5-6,9-11,15H2;1H. The van der Waals surface area contributed by atoms with Crippen molar-refractivity contribution < 1.29 is 4.79 Å². The zero-order valence-electron chi connectivity index (χ0n) is 10.5. The minimum absolute atomic E-state index is 0. The van der Waals surface area contributed by atoms with Crippen molar-refractivity contribution in [1.29, 1.82) is 0 Å². The summed E-state index contributed by atoms with van der Waals surface area (Å²) in [5, 5.41) is 0. The predicted octanol–water partition coefficient (Wildman–Crippen LogP) is 2.51. The lowest BCUT2D eigenvalue weighted by Gasteiger charge is -2.30. The van der Waals surface area contributed by atoms with Crippen molar-refractivity contribution in [3.63, 3.8) is 0 Å². The topological polar surface area (TPSA) is 46.3 Å². The molecule has 1 amide bonds. The van der Waals surface area contributed by atoms with Crippen molar-refractivity contribution in [1.82, 2.24) is 4.90 Å². The van der Waals surface area contributed by atoms with E-state index in [1.165, 1.54) is 18.4 Å². The SMILES string of the molecule is Cl.NCC(=O)N1CCCCCC1c1ccccc1. The monoisotopic (exact) mass is 268 g/mol. The summed E-state index contributed by atoms with van der Waals surface area (Å²) in [6.07, 6.45) is 4.54. The lowest BCUT2D eigenvalue weighted by atomic mass is 10.0. The van der Waals surface area contributed by atoms with Gasteiger partial charge in [0.1, 0.15) is 0 Å². The van der Waals surface area contributed by atoms with Gasteiger partial charge in [0.2, 0.25) is 5.91 Å². The molecular weight excluding hydrogens is 248 g/mol. The molecule has 0 spiro atoms. The average Bonchev–Trinajstić information content (AvgIpc) is 2.64. The van der Waals surface area contributed by atoms with E-state index in [1.54, 1.807) is 0 Å². The number of likely N-dealkylation sites (tertiary alicyclic amines) is 1. The van der Waals surface area contributed by atoms with E-state index >= 15 is 0 Å². The Bertz CT molecular complexity index is 369. The Morgan fingerprint density at radius 3 is 2.61 bits per heavy atom. The van der Waals surface area contributed by atoms with E-state index in [4.69, 9.17) is 5.73 Å². The number of hydrogen-bond acceptors (Lipinski definition) is 2. The largest absolute Gasteiger partial charge is 0.335 e. The van der Waals surface area contributed by atoms with Crippen LogP contribution in [0.5, 0.6) is 0 Å². The number of benzene rings is 1. The van der Waals surface area contributed by atoms with Crippen LogP contribution in [-0.2, 0) is 4.79 Å². The van der Waals surface area contributed by atoms with E-state index in [1.807, 2.05) is 23.1 Å². The Kier molecular flexibility index (Phi) is 6.16. The summed E-state index contributed by atoms with van der Waals surface area (Å²) in [6, 6.07) is 10.5. The fraction of sp³-hybridized carbons (Fsp3) is 0.500. The highest BCUT2D eigenvalue weighted by atomic mass is 35.5. The van der Waals surface area contributed by atoms with E-state index < -0.39 is 0 Å². The van der Waals surface area contributed by atoms with E-state index in [0.29, 0.717) is 0 Å². The highest BCUT2D eigenvalue weighted by Gasteiger charge is 2.25. The molecule has 1 heterocycles. The summed E-state index contributed by atoms with van der Waals surface area (Å²) >= 11 is 0. The van der Waals surface area contributed by atoms with Crippen LogP contribution in [0.4, 0.5) is 0 Å². The predicted molar refractivity (Wildman–Crippen MR) is 75.7 cm³/mol. The number of carbonyl (C=O) groups excluding carboxylic acids is 1. The Labute approximate surface area is 115 Å². The second kappa shape index (κ2) is 7.39. The smallest absolute Gasteiger partial charge is 0.236 e. The molecule has 1 aromatic carbocycles. The molecule has 18 heavy (non-hydrogen) atoms. The normalized spacial score (nSPS) is 19.8. The van der Waals surface area contributed by atoms with Gasteiger partial charge in [-0.15, -0.1) is 12.4 Å². The molecule has 1 unspecified atom stereocenters. The third kappa shape index (κ3) is 3.47. The van der Waals surface area contributed by atoms with Gasteiger partial charge in [0.15, 0.2) is 0 Å². The van der Waals surface area contributed by atoms with E-state index in [2.05, 4.69) is 12.1 Å². The third-order valence-corrected chi connectivity index (χ3v) is 3.43. The maximum Gasteiger partial charge on any atom is 0.236 e. The van der Waals surface area contributed by atoms with Crippen LogP contribution in [0, 0.1) is 0 Å². The maximum atomic E-state index is 11.9. The van der Waals surface area contributed by atoms with Crippen molar-refractivity contribution in [2.24, 2.45) is 5.73 Å². The number of rotatable bonds is 2. The van der Waals surface area contributed by atoms with Crippen LogP contribution in [0.1, 0.15) is 37.3 Å². The molecule has 3 nitrogen and oxygen atoms in total. The molecule has 1 atom stereocenters. The lowest BCUT2D eigenvalue weighted by Crippen LogP contribution is -2.38. The molecule has 2 rings (SSSR count). The minimum Gasteiger partial charge on any atom is -0.335 e. The summed E-state index contributed by atoms with van der Waals surface area (Å²) in [7, 11) is 0. The quantitative estimate of drug-likeness (QED) is 0.896. The minimum atomic E-state index is 0. The summed E-state index contributed by atoms with van der Waals surface area (Å²) in [6.45, 7) is 0.957.